The zero-order valence-electron chi connectivity index (χ0n) is 11.8. The summed E-state index contributed by atoms with van der Waals surface area (Å²) in [6.07, 6.45) is 1.24. The van der Waals surface area contributed by atoms with Gasteiger partial charge in [-0.05, 0) is 24.4 Å². The molecule has 8 heteroatoms. The lowest BCUT2D eigenvalue weighted by Gasteiger charge is -2.29. The number of fused-ring (bicyclic) bond motifs is 1. The van der Waals surface area contributed by atoms with Crippen molar-refractivity contribution in [1.29, 1.82) is 0 Å². The van der Waals surface area contributed by atoms with Gasteiger partial charge in [-0.2, -0.15) is 0 Å². The maximum atomic E-state index is 11.8. The molecule has 0 aliphatic carbocycles. The molecule has 1 aliphatic heterocycles. The van der Waals surface area contributed by atoms with Gasteiger partial charge >= 0.3 is 11.9 Å². The second kappa shape index (κ2) is 4.99. The monoisotopic (exact) mass is 320 g/mol. The van der Waals surface area contributed by atoms with Crippen LogP contribution in [0.5, 0.6) is 0 Å². The molecule has 0 saturated carbocycles. The molecular weight excluding hydrogens is 308 g/mol. The van der Waals surface area contributed by atoms with Crippen molar-refractivity contribution in [2.45, 2.75) is 19.6 Å². The van der Waals surface area contributed by atoms with Crippen molar-refractivity contribution in [3.8, 4) is 0 Å². The average molecular weight is 320 g/mol. The van der Waals surface area contributed by atoms with Crippen LogP contribution in [0, 0.1) is 4.84 Å². The smallest absolute Gasteiger partial charge is 0.350 e. The van der Waals surface area contributed by atoms with Crippen molar-refractivity contribution in [1.82, 2.24) is 4.98 Å². The number of H-pyrrole nitrogens is 1. The Balaban J connectivity index is 1.84. The van der Waals surface area contributed by atoms with Crippen LogP contribution in [0.1, 0.15) is 13.8 Å². The number of ether oxygens (including phenoxy) is 2. The minimum Gasteiger partial charge on any atom is -0.429 e. The maximum Gasteiger partial charge on any atom is 0.350 e. The second-order valence-electron chi connectivity index (χ2n) is 5.11. The van der Waals surface area contributed by atoms with E-state index in [2.05, 4.69) is 10.3 Å². The Hall–Kier alpha value is -2.61. The summed E-state index contributed by atoms with van der Waals surface area (Å²) in [5.74, 6) is -2.74. The normalized spacial score (nSPS) is 17.1. The SMILES string of the molecule is CC1(C)OC(=O)C(=CNc2ccc3[nH]c(=S)oc3c2)C(=O)O1. The Bertz CT molecular complexity index is 839. The van der Waals surface area contributed by atoms with E-state index in [-0.39, 0.29) is 10.4 Å². The van der Waals surface area contributed by atoms with Crippen molar-refractivity contribution in [3.63, 3.8) is 0 Å². The summed E-state index contributed by atoms with van der Waals surface area (Å²) in [6.45, 7) is 2.97. The van der Waals surface area contributed by atoms with E-state index in [1.807, 2.05) is 0 Å². The van der Waals surface area contributed by atoms with Crippen LogP contribution in [0.15, 0.2) is 34.4 Å². The molecule has 3 rings (SSSR count). The molecule has 1 aromatic heterocycles. The molecule has 2 aromatic rings. The number of cyclic esters (lactones) is 2. The molecule has 0 unspecified atom stereocenters. The van der Waals surface area contributed by atoms with Gasteiger partial charge in [0.05, 0.1) is 5.52 Å². The van der Waals surface area contributed by atoms with Gasteiger partial charge < -0.3 is 24.2 Å². The van der Waals surface area contributed by atoms with E-state index in [0.717, 1.165) is 5.52 Å². The summed E-state index contributed by atoms with van der Waals surface area (Å²) < 4.78 is 15.3. The Morgan fingerprint density at radius 3 is 2.59 bits per heavy atom. The van der Waals surface area contributed by atoms with Crippen molar-refractivity contribution >= 4 is 40.9 Å². The number of carbonyl (C=O) groups excluding carboxylic acids is 2. The molecule has 0 amide bonds. The van der Waals surface area contributed by atoms with E-state index in [1.54, 1.807) is 18.2 Å². The first-order valence-corrected chi connectivity index (χ1v) is 6.81. The Kier molecular flexibility index (Phi) is 3.25. The van der Waals surface area contributed by atoms with E-state index in [4.69, 9.17) is 26.1 Å². The van der Waals surface area contributed by atoms with Gasteiger partial charge in [-0.15, -0.1) is 0 Å². The summed E-state index contributed by atoms with van der Waals surface area (Å²) in [6, 6.07) is 5.18. The van der Waals surface area contributed by atoms with Gasteiger partial charge in [0.2, 0.25) is 0 Å². The van der Waals surface area contributed by atoms with Crippen LogP contribution in [0.4, 0.5) is 5.69 Å². The fourth-order valence-corrected chi connectivity index (χ4v) is 2.17. The van der Waals surface area contributed by atoms with Crippen molar-refractivity contribution < 1.29 is 23.5 Å². The quantitative estimate of drug-likeness (QED) is 0.380. The van der Waals surface area contributed by atoms with E-state index in [0.29, 0.717) is 11.3 Å². The fourth-order valence-electron chi connectivity index (χ4n) is 1.97. The van der Waals surface area contributed by atoms with Crippen LogP contribution >= 0.6 is 12.2 Å². The summed E-state index contributed by atoms with van der Waals surface area (Å²) in [5, 5.41) is 2.83. The molecule has 1 aromatic carbocycles. The third-order valence-electron chi connectivity index (χ3n) is 2.92. The van der Waals surface area contributed by atoms with Gasteiger partial charge in [0, 0.05) is 31.8 Å². The maximum absolute atomic E-state index is 11.8. The van der Waals surface area contributed by atoms with E-state index < -0.39 is 17.7 Å². The number of nitrogens with one attached hydrogen (secondary N) is 2. The minimum absolute atomic E-state index is 0.214. The zero-order chi connectivity index (χ0) is 15.9. The van der Waals surface area contributed by atoms with Crippen LogP contribution in [0.3, 0.4) is 0 Å². The fraction of sp³-hybridized carbons (Fsp3) is 0.214. The lowest BCUT2D eigenvalue weighted by atomic mass is 10.2. The molecule has 0 bridgehead atoms. The average Bonchev–Trinajstić information content (AvgIpc) is 2.75. The van der Waals surface area contributed by atoms with E-state index in [1.165, 1.54) is 20.0 Å². The summed E-state index contributed by atoms with van der Waals surface area (Å²) in [4.78, 5) is 26.7. The molecule has 114 valence electrons. The van der Waals surface area contributed by atoms with Crippen LogP contribution in [-0.2, 0) is 19.1 Å². The first kappa shape index (κ1) is 14.3. The van der Waals surface area contributed by atoms with Crippen LogP contribution in [0.25, 0.3) is 11.1 Å². The van der Waals surface area contributed by atoms with Crippen molar-refractivity contribution in [3.05, 3.63) is 34.8 Å². The predicted octanol–water partition coefficient (Wildman–Crippen LogP) is 2.62. The highest BCUT2D eigenvalue weighted by molar-refractivity contribution is 7.71. The standard InChI is InChI=1S/C14H12N2O5S/c1-14(2)20-11(17)8(12(18)21-14)6-15-7-3-4-9-10(5-7)19-13(22)16-9/h3-6,15H,1-2H3,(H,16,22). The summed E-state index contributed by atoms with van der Waals surface area (Å²) in [7, 11) is 0. The van der Waals surface area contributed by atoms with Crippen LogP contribution in [-0.4, -0.2) is 22.7 Å². The first-order valence-electron chi connectivity index (χ1n) is 6.40. The number of hydrogen-bond acceptors (Lipinski definition) is 7. The Morgan fingerprint density at radius 2 is 1.91 bits per heavy atom. The summed E-state index contributed by atoms with van der Waals surface area (Å²) in [5.41, 5.74) is 1.71. The molecule has 0 radical (unpaired) electrons. The third-order valence-corrected chi connectivity index (χ3v) is 3.11. The molecule has 2 heterocycles. The van der Waals surface area contributed by atoms with Gasteiger partial charge in [0.15, 0.2) is 11.2 Å². The van der Waals surface area contributed by atoms with Crippen LogP contribution < -0.4 is 5.32 Å². The zero-order valence-corrected chi connectivity index (χ0v) is 12.6. The van der Waals surface area contributed by atoms with Gasteiger partial charge in [-0.1, -0.05) is 0 Å². The number of oxazole rings is 1. The van der Waals surface area contributed by atoms with Gasteiger partial charge in [-0.25, -0.2) is 9.59 Å². The van der Waals surface area contributed by atoms with Gasteiger partial charge in [-0.3, -0.25) is 0 Å². The molecule has 2 N–H and O–H groups in total. The Morgan fingerprint density at radius 1 is 1.23 bits per heavy atom. The third kappa shape index (κ3) is 2.73. The minimum atomic E-state index is -1.26. The number of benzene rings is 1. The van der Waals surface area contributed by atoms with Crippen LogP contribution in [0.2, 0.25) is 0 Å². The molecule has 7 nitrogen and oxygen atoms in total. The summed E-state index contributed by atoms with van der Waals surface area (Å²) >= 11 is 4.90. The second-order valence-corrected chi connectivity index (χ2v) is 5.48. The molecule has 1 aliphatic rings. The number of aromatic amines is 1. The molecule has 0 spiro atoms. The number of rotatable bonds is 2. The number of anilines is 1. The highest BCUT2D eigenvalue weighted by Crippen LogP contribution is 2.23. The van der Waals surface area contributed by atoms with Crippen molar-refractivity contribution in [2.24, 2.45) is 0 Å². The molecule has 1 saturated heterocycles. The number of aromatic nitrogens is 1. The lowest BCUT2D eigenvalue weighted by Crippen LogP contribution is -2.42. The van der Waals surface area contributed by atoms with E-state index >= 15 is 0 Å². The predicted molar refractivity (Wildman–Crippen MR) is 79.4 cm³/mol. The van der Waals surface area contributed by atoms with Gasteiger partial charge in [0.1, 0.15) is 0 Å². The molecule has 1 fully saturated rings. The lowest BCUT2D eigenvalue weighted by molar-refractivity contribution is -0.222. The van der Waals surface area contributed by atoms with Gasteiger partial charge in [0.25, 0.3) is 10.6 Å². The van der Waals surface area contributed by atoms with E-state index in [9.17, 15) is 9.59 Å². The highest BCUT2D eigenvalue weighted by atomic mass is 32.1. The molecular formula is C14H12N2O5S. The van der Waals surface area contributed by atoms with Crippen molar-refractivity contribution in [2.75, 3.05) is 5.32 Å². The number of carbonyl (C=O) groups is 2. The largest absolute Gasteiger partial charge is 0.429 e. The number of hydrogen-bond donors (Lipinski definition) is 2. The highest BCUT2D eigenvalue weighted by Gasteiger charge is 2.38. The molecule has 22 heavy (non-hydrogen) atoms. The molecule has 0 atom stereocenters. The number of esters is 2. The first-order chi connectivity index (χ1) is 10.3. The Labute approximate surface area is 129 Å². The topological polar surface area (TPSA) is 93.6 Å².